The number of ether oxygens (including phenoxy) is 1. The number of Topliss-reactive ketones (excluding diaryl/α,β-unsaturated/α-hetero) is 1. The van der Waals surface area contributed by atoms with Crippen LogP contribution in [0, 0.1) is 0 Å². The van der Waals surface area contributed by atoms with Crippen molar-refractivity contribution in [1.29, 1.82) is 0 Å². The Morgan fingerprint density at radius 3 is 2.61 bits per heavy atom. The molecule has 98 valence electrons. The molecule has 0 atom stereocenters. The van der Waals surface area contributed by atoms with Crippen molar-refractivity contribution < 1.29 is 14.3 Å². The standard InChI is InChI=1S/C14H19NO3/c1-11(16)7-8-14(17)15-13-6-4-3-5-12(13)9-10-18-2/h3-6H,7-10H2,1-2H3,(H,15,17). The van der Waals surface area contributed by atoms with Gasteiger partial charge in [-0.05, 0) is 25.0 Å². The second-order valence-electron chi connectivity index (χ2n) is 4.15. The third-order valence-electron chi connectivity index (χ3n) is 2.57. The normalized spacial score (nSPS) is 10.1. The summed E-state index contributed by atoms with van der Waals surface area (Å²) >= 11 is 0. The van der Waals surface area contributed by atoms with Crippen molar-refractivity contribution >= 4 is 17.4 Å². The summed E-state index contributed by atoms with van der Waals surface area (Å²) < 4.78 is 5.03. The number of rotatable bonds is 7. The molecule has 1 N–H and O–H groups in total. The van der Waals surface area contributed by atoms with Crippen LogP contribution in [0.2, 0.25) is 0 Å². The Balaban J connectivity index is 2.59. The lowest BCUT2D eigenvalue weighted by Crippen LogP contribution is -2.14. The Bertz CT molecular complexity index is 415. The molecule has 0 aliphatic heterocycles. The molecule has 0 bridgehead atoms. The zero-order valence-corrected chi connectivity index (χ0v) is 10.9. The molecule has 0 aliphatic rings. The van der Waals surface area contributed by atoms with Crippen LogP contribution < -0.4 is 5.32 Å². The second-order valence-corrected chi connectivity index (χ2v) is 4.15. The van der Waals surface area contributed by atoms with Crippen LogP contribution in [0.1, 0.15) is 25.3 Å². The highest BCUT2D eigenvalue weighted by atomic mass is 16.5. The van der Waals surface area contributed by atoms with Gasteiger partial charge in [-0.15, -0.1) is 0 Å². The lowest BCUT2D eigenvalue weighted by molar-refractivity contribution is -0.121. The van der Waals surface area contributed by atoms with Crippen molar-refractivity contribution in [2.75, 3.05) is 19.0 Å². The first-order valence-electron chi connectivity index (χ1n) is 5.99. The van der Waals surface area contributed by atoms with Gasteiger partial charge in [0.2, 0.25) is 5.91 Å². The van der Waals surface area contributed by atoms with Gasteiger partial charge in [-0.1, -0.05) is 18.2 Å². The van der Waals surface area contributed by atoms with E-state index in [2.05, 4.69) is 5.32 Å². The molecular weight excluding hydrogens is 230 g/mol. The van der Waals surface area contributed by atoms with E-state index in [0.717, 1.165) is 17.7 Å². The predicted molar refractivity (Wildman–Crippen MR) is 70.6 cm³/mol. The van der Waals surface area contributed by atoms with E-state index in [1.165, 1.54) is 6.92 Å². The number of hydrogen-bond acceptors (Lipinski definition) is 3. The van der Waals surface area contributed by atoms with E-state index in [0.29, 0.717) is 6.61 Å². The van der Waals surface area contributed by atoms with Crippen LogP contribution in [-0.4, -0.2) is 25.4 Å². The Morgan fingerprint density at radius 2 is 1.94 bits per heavy atom. The summed E-state index contributed by atoms with van der Waals surface area (Å²) in [5.41, 5.74) is 1.83. The Kier molecular flexibility index (Phi) is 6.08. The van der Waals surface area contributed by atoms with Crippen LogP contribution in [0.25, 0.3) is 0 Å². The van der Waals surface area contributed by atoms with E-state index in [4.69, 9.17) is 4.74 Å². The zero-order valence-electron chi connectivity index (χ0n) is 10.9. The molecule has 1 aromatic carbocycles. The predicted octanol–water partition coefficient (Wildman–Crippen LogP) is 2.18. The van der Waals surface area contributed by atoms with Gasteiger partial charge >= 0.3 is 0 Å². The van der Waals surface area contributed by atoms with Crippen LogP contribution in [0.4, 0.5) is 5.69 Å². The summed E-state index contributed by atoms with van der Waals surface area (Å²) in [6, 6.07) is 7.61. The topological polar surface area (TPSA) is 55.4 Å². The number of carbonyl (C=O) groups is 2. The Labute approximate surface area is 107 Å². The molecule has 1 amide bonds. The van der Waals surface area contributed by atoms with Gasteiger partial charge in [0.15, 0.2) is 0 Å². The monoisotopic (exact) mass is 249 g/mol. The molecule has 0 aliphatic carbocycles. The van der Waals surface area contributed by atoms with Crippen LogP contribution in [-0.2, 0) is 20.7 Å². The van der Waals surface area contributed by atoms with Crippen molar-refractivity contribution in [2.45, 2.75) is 26.2 Å². The number of carbonyl (C=O) groups excluding carboxylic acids is 2. The summed E-state index contributed by atoms with van der Waals surface area (Å²) in [5.74, 6) is -0.104. The van der Waals surface area contributed by atoms with E-state index >= 15 is 0 Å². The van der Waals surface area contributed by atoms with E-state index < -0.39 is 0 Å². The summed E-state index contributed by atoms with van der Waals surface area (Å²) in [5, 5.41) is 2.83. The fourth-order valence-electron chi connectivity index (χ4n) is 1.57. The molecule has 0 saturated heterocycles. The largest absolute Gasteiger partial charge is 0.384 e. The number of hydrogen-bond donors (Lipinski definition) is 1. The zero-order chi connectivity index (χ0) is 13.4. The summed E-state index contributed by atoms with van der Waals surface area (Å²) in [7, 11) is 1.65. The molecule has 0 fully saturated rings. The third kappa shape index (κ3) is 5.10. The van der Waals surface area contributed by atoms with Gasteiger partial charge in [0.1, 0.15) is 5.78 Å². The molecule has 4 heteroatoms. The van der Waals surface area contributed by atoms with E-state index in [9.17, 15) is 9.59 Å². The van der Waals surface area contributed by atoms with Crippen molar-refractivity contribution in [3.05, 3.63) is 29.8 Å². The van der Waals surface area contributed by atoms with Crippen molar-refractivity contribution in [2.24, 2.45) is 0 Å². The first-order valence-corrected chi connectivity index (χ1v) is 5.99. The Hall–Kier alpha value is -1.68. The highest BCUT2D eigenvalue weighted by Gasteiger charge is 2.07. The molecule has 0 spiro atoms. The van der Waals surface area contributed by atoms with Crippen LogP contribution in [0.5, 0.6) is 0 Å². The van der Waals surface area contributed by atoms with Gasteiger partial charge in [0, 0.05) is 25.6 Å². The molecule has 0 saturated carbocycles. The highest BCUT2D eigenvalue weighted by molar-refractivity contribution is 5.93. The second kappa shape index (κ2) is 7.61. The molecule has 0 heterocycles. The third-order valence-corrected chi connectivity index (χ3v) is 2.57. The molecule has 0 unspecified atom stereocenters. The fraction of sp³-hybridized carbons (Fsp3) is 0.429. The number of benzene rings is 1. The minimum absolute atomic E-state index is 0.0258. The van der Waals surface area contributed by atoms with Crippen LogP contribution >= 0.6 is 0 Å². The van der Waals surface area contributed by atoms with Gasteiger partial charge < -0.3 is 14.8 Å². The maximum atomic E-state index is 11.6. The average Bonchev–Trinajstić information content (AvgIpc) is 2.35. The SMILES string of the molecule is COCCc1ccccc1NC(=O)CCC(C)=O. The lowest BCUT2D eigenvalue weighted by Gasteiger charge is -2.10. The first kappa shape index (κ1) is 14.4. The molecule has 4 nitrogen and oxygen atoms in total. The van der Waals surface area contributed by atoms with E-state index in [1.807, 2.05) is 24.3 Å². The number of para-hydroxylation sites is 1. The van der Waals surface area contributed by atoms with Crippen molar-refractivity contribution in [3.63, 3.8) is 0 Å². The minimum Gasteiger partial charge on any atom is -0.384 e. The quantitative estimate of drug-likeness (QED) is 0.805. The maximum Gasteiger partial charge on any atom is 0.224 e. The molecule has 1 rings (SSSR count). The van der Waals surface area contributed by atoms with E-state index in [-0.39, 0.29) is 24.5 Å². The lowest BCUT2D eigenvalue weighted by atomic mass is 10.1. The summed E-state index contributed by atoms with van der Waals surface area (Å²) in [6.45, 7) is 2.10. The molecule has 0 radical (unpaired) electrons. The smallest absolute Gasteiger partial charge is 0.224 e. The van der Waals surface area contributed by atoms with Crippen LogP contribution in [0.15, 0.2) is 24.3 Å². The maximum absolute atomic E-state index is 11.6. The number of amides is 1. The van der Waals surface area contributed by atoms with Crippen LogP contribution in [0.3, 0.4) is 0 Å². The molecule has 18 heavy (non-hydrogen) atoms. The van der Waals surface area contributed by atoms with Gasteiger partial charge in [-0.25, -0.2) is 0 Å². The summed E-state index contributed by atoms with van der Waals surface area (Å²) in [4.78, 5) is 22.5. The van der Waals surface area contributed by atoms with Gasteiger partial charge in [-0.3, -0.25) is 4.79 Å². The summed E-state index contributed by atoms with van der Waals surface area (Å²) in [6.07, 6.45) is 1.26. The number of nitrogens with one attached hydrogen (secondary N) is 1. The van der Waals surface area contributed by atoms with E-state index in [1.54, 1.807) is 7.11 Å². The van der Waals surface area contributed by atoms with Crippen molar-refractivity contribution in [1.82, 2.24) is 0 Å². The molecule has 1 aromatic rings. The minimum atomic E-state index is -0.130. The van der Waals surface area contributed by atoms with Gasteiger partial charge in [0.25, 0.3) is 0 Å². The Morgan fingerprint density at radius 1 is 1.22 bits per heavy atom. The number of methoxy groups -OCH3 is 1. The fourth-order valence-corrected chi connectivity index (χ4v) is 1.57. The molecular formula is C14H19NO3. The van der Waals surface area contributed by atoms with Gasteiger partial charge in [-0.2, -0.15) is 0 Å². The number of anilines is 1. The number of ketones is 1. The van der Waals surface area contributed by atoms with Crippen molar-refractivity contribution in [3.8, 4) is 0 Å². The highest BCUT2D eigenvalue weighted by Crippen LogP contribution is 2.16. The first-order chi connectivity index (χ1) is 8.63. The molecule has 0 aromatic heterocycles. The van der Waals surface area contributed by atoms with Gasteiger partial charge in [0.05, 0.1) is 6.61 Å². The average molecular weight is 249 g/mol.